The van der Waals surface area contributed by atoms with E-state index in [0.717, 1.165) is 0 Å². The summed E-state index contributed by atoms with van der Waals surface area (Å²) in [6.07, 6.45) is 0. The van der Waals surface area contributed by atoms with Crippen molar-refractivity contribution in [1.29, 1.82) is 0 Å². The third-order valence-electron chi connectivity index (χ3n) is 1.95. The SMILES string of the molecule is O=C(NCCOCCCl)c1cccc(F)c1Cl. The van der Waals surface area contributed by atoms with Crippen LogP contribution in [0.4, 0.5) is 4.39 Å². The van der Waals surface area contributed by atoms with Gasteiger partial charge in [-0.25, -0.2) is 4.39 Å². The van der Waals surface area contributed by atoms with Crippen LogP contribution in [0.15, 0.2) is 18.2 Å². The lowest BCUT2D eigenvalue weighted by Gasteiger charge is -2.07. The average molecular weight is 280 g/mol. The standard InChI is InChI=1S/C11H12Cl2FNO2/c12-4-6-17-7-5-15-11(16)8-2-1-3-9(14)10(8)13/h1-3H,4-7H2,(H,15,16). The van der Waals surface area contributed by atoms with Crippen molar-refractivity contribution in [3.05, 3.63) is 34.6 Å². The second kappa shape index (κ2) is 7.48. The van der Waals surface area contributed by atoms with Crippen LogP contribution in [0.3, 0.4) is 0 Å². The summed E-state index contributed by atoms with van der Waals surface area (Å²) >= 11 is 11.1. The molecule has 3 nitrogen and oxygen atoms in total. The molecular formula is C11H12Cl2FNO2. The van der Waals surface area contributed by atoms with E-state index >= 15 is 0 Å². The second-order valence-corrected chi connectivity index (χ2v) is 3.91. The summed E-state index contributed by atoms with van der Waals surface area (Å²) in [7, 11) is 0. The molecule has 0 saturated carbocycles. The van der Waals surface area contributed by atoms with Gasteiger partial charge in [-0.3, -0.25) is 4.79 Å². The number of hydrogen-bond acceptors (Lipinski definition) is 2. The van der Waals surface area contributed by atoms with Crippen molar-refractivity contribution in [2.75, 3.05) is 25.6 Å². The summed E-state index contributed by atoms with van der Waals surface area (Å²) in [6.45, 7) is 1.10. The van der Waals surface area contributed by atoms with Crippen molar-refractivity contribution in [2.24, 2.45) is 0 Å². The normalized spacial score (nSPS) is 10.3. The lowest BCUT2D eigenvalue weighted by Crippen LogP contribution is -2.27. The third kappa shape index (κ3) is 4.50. The molecule has 0 aliphatic heterocycles. The minimum Gasteiger partial charge on any atom is -0.378 e. The summed E-state index contributed by atoms with van der Waals surface area (Å²) in [5, 5.41) is 2.39. The minimum absolute atomic E-state index is 0.115. The van der Waals surface area contributed by atoms with Gasteiger partial charge in [0, 0.05) is 12.4 Å². The smallest absolute Gasteiger partial charge is 0.252 e. The van der Waals surface area contributed by atoms with Crippen molar-refractivity contribution in [3.63, 3.8) is 0 Å². The maximum Gasteiger partial charge on any atom is 0.252 e. The van der Waals surface area contributed by atoms with E-state index in [2.05, 4.69) is 5.32 Å². The molecular weight excluding hydrogens is 268 g/mol. The monoisotopic (exact) mass is 279 g/mol. The first-order valence-corrected chi connectivity index (χ1v) is 5.94. The molecule has 0 bridgehead atoms. The van der Waals surface area contributed by atoms with Gasteiger partial charge in [0.15, 0.2) is 0 Å². The van der Waals surface area contributed by atoms with Gasteiger partial charge in [0.1, 0.15) is 5.82 Å². The van der Waals surface area contributed by atoms with Gasteiger partial charge in [-0.1, -0.05) is 17.7 Å². The van der Waals surface area contributed by atoms with Crippen LogP contribution in [0.25, 0.3) is 0 Å². The Kier molecular flexibility index (Phi) is 6.26. The molecule has 0 saturated heterocycles. The van der Waals surface area contributed by atoms with Gasteiger partial charge < -0.3 is 10.1 Å². The molecule has 1 aromatic rings. The van der Waals surface area contributed by atoms with Gasteiger partial charge in [-0.2, -0.15) is 0 Å². The second-order valence-electron chi connectivity index (χ2n) is 3.16. The van der Waals surface area contributed by atoms with E-state index in [4.69, 9.17) is 27.9 Å². The number of nitrogens with one attached hydrogen (secondary N) is 1. The number of carbonyl (C=O) groups is 1. The molecule has 0 aliphatic carbocycles. The highest BCUT2D eigenvalue weighted by Crippen LogP contribution is 2.19. The predicted molar refractivity (Wildman–Crippen MR) is 65.3 cm³/mol. The summed E-state index contributed by atoms with van der Waals surface area (Å²) in [5.74, 6) is -0.634. The molecule has 0 aromatic heterocycles. The van der Waals surface area contributed by atoms with Crippen molar-refractivity contribution < 1.29 is 13.9 Å². The van der Waals surface area contributed by atoms with Crippen LogP contribution >= 0.6 is 23.2 Å². The Bertz CT molecular complexity index is 388. The molecule has 17 heavy (non-hydrogen) atoms. The molecule has 0 unspecified atom stereocenters. The molecule has 94 valence electrons. The molecule has 1 rings (SSSR count). The minimum atomic E-state index is -0.613. The van der Waals surface area contributed by atoms with E-state index in [1.165, 1.54) is 18.2 Å². The number of amides is 1. The van der Waals surface area contributed by atoms with E-state index in [9.17, 15) is 9.18 Å². The zero-order valence-electron chi connectivity index (χ0n) is 9.01. The molecule has 0 atom stereocenters. The Morgan fingerprint density at radius 1 is 1.41 bits per heavy atom. The van der Waals surface area contributed by atoms with Gasteiger partial charge in [-0.15, -0.1) is 11.6 Å². The van der Waals surface area contributed by atoms with E-state index in [0.29, 0.717) is 25.6 Å². The zero-order valence-corrected chi connectivity index (χ0v) is 10.5. The first kappa shape index (κ1) is 14.2. The predicted octanol–water partition coefficient (Wildman–Crippen LogP) is 2.46. The molecule has 1 amide bonds. The van der Waals surface area contributed by atoms with Crippen molar-refractivity contribution in [2.45, 2.75) is 0 Å². The Morgan fingerprint density at radius 3 is 2.88 bits per heavy atom. The Morgan fingerprint density at radius 2 is 2.18 bits per heavy atom. The van der Waals surface area contributed by atoms with Crippen molar-refractivity contribution in [3.8, 4) is 0 Å². The fourth-order valence-electron chi connectivity index (χ4n) is 1.17. The molecule has 6 heteroatoms. The van der Waals surface area contributed by atoms with Crippen LogP contribution in [0, 0.1) is 5.82 Å². The highest BCUT2D eigenvalue weighted by Gasteiger charge is 2.12. The topological polar surface area (TPSA) is 38.3 Å². The van der Waals surface area contributed by atoms with Gasteiger partial charge in [0.05, 0.1) is 23.8 Å². The number of ether oxygens (including phenoxy) is 1. The number of alkyl halides is 1. The Hall–Kier alpha value is -0.840. The summed E-state index contributed by atoms with van der Waals surface area (Å²) in [4.78, 5) is 11.6. The average Bonchev–Trinajstić information content (AvgIpc) is 2.32. The van der Waals surface area contributed by atoms with Crippen LogP contribution in [0.5, 0.6) is 0 Å². The highest BCUT2D eigenvalue weighted by molar-refractivity contribution is 6.34. The maximum atomic E-state index is 13.1. The van der Waals surface area contributed by atoms with Gasteiger partial charge in [-0.05, 0) is 12.1 Å². The third-order valence-corrected chi connectivity index (χ3v) is 2.49. The van der Waals surface area contributed by atoms with E-state index in [1.54, 1.807) is 0 Å². The molecule has 0 spiro atoms. The van der Waals surface area contributed by atoms with Gasteiger partial charge in [0.2, 0.25) is 0 Å². The Labute approximate surface area is 109 Å². The molecule has 1 N–H and O–H groups in total. The summed E-state index contributed by atoms with van der Waals surface area (Å²) in [6, 6.07) is 4.09. The van der Waals surface area contributed by atoms with E-state index in [1.807, 2.05) is 0 Å². The molecule has 0 heterocycles. The highest BCUT2D eigenvalue weighted by atomic mass is 35.5. The quantitative estimate of drug-likeness (QED) is 0.642. The maximum absolute atomic E-state index is 13.1. The molecule has 0 radical (unpaired) electrons. The van der Waals surface area contributed by atoms with Crippen LogP contribution < -0.4 is 5.32 Å². The lowest BCUT2D eigenvalue weighted by molar-refractivity contribution is 0.0923. The number of carbonyl (C=O) groups excluding carboxylic acids is 1. The van der Waals surface area contributed by atoms with Crippen molar-refractivity contribution in [1.82, 2.24) is 5.32 Å². The zero-order chi connectivity index (χ0) is 12.7. The number of halogens is 3. The van der Waals surface area contributed by atoms with Gasteiger partial charge >= 0.3 is 0 Å². The van der Waals surface area contributed by atoms with Crippen LogP contribution in [0.1, 0.15) is 10.4 Å². The largest absolute Gasteiger partial charge is 0.378 e. The Balaban J connectivity index is 2.44. The van der Waals surface area contributed by atoms with Gasteiger partial charge in [0.25, 0.3) is 5.91 Å². The first-order valence-electron chi connectivity index (χ1n) is 5.02. The summed E-state index contributed by atoms with van der Waals surface area (Å²) < 4.78 is 18.1. The van der Waals surface area contributed by atoms with Crippen LogP contribution in [0.2, 0.25) is 5.02 Å². The van der Waals surface area contributed by atoms with Crippen LogP contribution in [-0.2, 0) is 4.74 Å². The molecule has 1 aromatic carbocycles. The fourth-order valence-corrected chi connectivity index (χ4v) is 1.49. The fraction of sp³-hybridized carbons (Fsp3) is 0.364. The lowest BCUT2D eigenvalue weighted by atomic mass is 10.2. The number of benzene rings is 1. The summed E-state index contributed by atoms with van der Waals surface area (Å²) in [5.41, 5.74) is 0.115. The van der Waals surface area contributed by atoms with E-state index < -0.39 is 11.7 Å². The van der Waals surface area contributed by atoms with E-state index in [-0.39, 0.29) is 10.6 Å². The number of hydrogen-bond donors (Lipinski definition) is 1. The molecule has 0 fully saturated rings. The van der Waals surface area contributed by atoms with Crippen molar-refractivity contribution >= 4 is 29.1 Å². The number of rotatable bonds is 6. The first-order chi connectivity index (χ1) is 8.16. The van der Waals surface area contributed by atoms with Crippen LogP contribution in [-0.4, -0.2) is 31.5 Å². The molecule has 0 aliphatic rings.